The van der Waals surface area contributed by atoms with Crippen molar-refractivity contribution >= 4 is 22.5 Å². The van der Waals surface area contributed by atoms with Gasteiger partial charge in [0.2, 0.25) is 0 Å². The Morgan fingerprint density at radius 2 is 2.00 bits per heavy atom. The smallest absolute Gasteiger partial charge is 0.137 e. The van der Waals surface area contributed by atoms with Gasteiger partial charge in [-0.2, -0.15) is 0 Å². The zero-order valence-corrected chi connectivity index (χ0v) is 5.77. The Morgan fingerprint density at radius 1 is 1.50 bits per heavy atom. The third kappa shape index (κ3) is 2.78. The van der Waals surface area contributed by atoms with E-state index in [1.807, 2.05) is 0 Å². The molecular formula is C3H8O3S2. The number of rotatable bonds is 3. The summed E-state index contributed by atoms with van der Waals surface area (Å²) in [4.78, 5) is 0. The topological polar surface area (TPSA) is 60.7 Å². The molecule has 2 atom stereocenters. The van der Waals surface area contributed by atoms with Gasteiger partial charge in [0.05, 0.1) is 6.61 Å². The Bertz CT molecular complexity index is 52.5. The SMILES string of the molecule is OCC(O)C(O)SS. The van der Waals surface area contributed by atoms with Crippen LogP contribution in [0.3, 0.4) is 0 Å². The van der Waals surface area contributed by atoms with Crippen molar-refractivity contribution in [3.63, 3.8) is 0 Å². The Labute approximate surface area is 56.5 Å². The first-order valence-electron chi connectivity index (χ1n) is 1.99. The van der Waals surface area contributed by atoms with Gasteiger partial charge >= 0.3 is 0 Å². The van der Waals surface area contributed by atoms with Crippen LogP contribution in [0, 0.1) is 0 Å². The average Bonchev–Trinajstić information content (AvgIpc) is 1.84. The molecule has 8 heavy (non-hydrogen) atoms. The number of hydrogen-bond acceptors (Lipinski definition) is 5. The highest BCUT2D eigenvalue weighted by molar-refractivity contribution is 8.68. The summed E-state index contributed by atoms with van der Waals surface area (Å²) in [6.45, 7) is -0.436. The minimum atomic E-state index is -1.09. The highest BCUT2D eigenvalue weighted by Gasteiger charge is 2.12. The lowest BCUT2D eigenvalue weighted by Crippen LogP contribution is -2.25. The largest absolute Gasteiger partial charge is 0.394 e. The zero-order chi connectivity index (χ0) is 6.57. The van der Waals surface area contributed by atoms with Gasteiger partial charge in [0.25, 0.3) is 0 Å². The molecule has 0 aromatic heterocycles. The lowest BCUT2D eigenvalue weighted by Gasteiger charge is -2.10. The monoisotopic (exact) mass is 156 g/mol. The standard InChI is InChI=1S/C3H8O3S2/c4-1-2(5)3(6)8-7/h2-7H,1H2. The Morgan fingerprint density at radius 3 is 2.12 bits per heavy atom. The van der Waals surface area contributed by atoms with Crippen LogP contribution in [0.5, 0.6) is 0 Å². The first-order valence-corrected chi connectivity index (χ1v) is 3.92. The fraction of sp³-hybridized carbons (Fsp3) is 1.00. The maximum Gasteiger partial charge on any atom is 0.137 e. The maximum absolute atomic E-state index is 8.60. The molecule has 50 valence electrons. The van der Waals surface area contributed by atoms with Gasteiger partial charge in [0.15, 0.2) is 0 Å². The van der Waals surface area contributed by atoms with Gasteiger partial charge < -0.3 is 15.3 Å². The second-order valence-electron chi connectivity index (χ2n) is 1.25. The minimum absolute atomic E-state index is 0.436. The van der Waals surface area contributed by atoms with Crippen molar-refractivity contribution in [1.82, 2.24) is 0 Å². The van der Waals surface area contributed by atoms with Gasteiger partial charge in [-0.3, -0.25) is 0 Å². The molecule has 0 amide bonds. The minimum Gasteiger partial charge on any atom is -0.394 e. The van der Waals surface area contributed by atoms with E-state index in [2.05, 4.69) is 11.7 Å². The van der Waals surface area contributed by atoms with E-state index in [0.29, 0.717) is 0 Å². The average molecular weight is 156 g/mol. The number of aliphatic hydroxyl groups excluding tert-OH is 3. The number of hydrogen-bond donors (Lipinski definition) is 4. The highest BCUT2D eigenvalue weighted by Crippen LogP contribution is 2.14. The molecule has 3 nitrogen and oxygen atoms in total. The molecule has 0 bridgehead atoms. The summed E-state index contributed by atoms with van der Waals surface area (Å²) >= 11 is 3.60. The molecule has 3 N–H and O–H groups in total. The Balaban J connectivity index is 3.29. The first-order chi connectivity index (χ1) is 3.72. The predicted octanol–water partition coefficient (Wildman–Crippen LogP) is -0.764. The lowest BCUT2D eigenvalue weighted by molar-refractivity contribution is 0.0291. The van der Waals surface area contributed by atoms with Crippen molar-refractivity contribution in [3.8, 4) is 0 Å². The quantitative estimate of drug-likeness (QED) is 0.246. The Kier molecular flexibility index (Phi) is 4.78. The van der Waals surface area contributed by atoms with Gasteiger partial charge in [0, 0.05) is 0 Å². The molecular weight excluding hydrogens is 148 g/mol. The molecule has 0 spiro atoms. The molecule has 0 rings (SSSR count). The zero-order valence-electron chi connectivity index (χ0n) is 4.06. The van der Waals surface area contributed by atoms with E-state index in [4.69, 9.17) is 15.3 Å². The molecule has 2 unspecified atom stereocenters. The van der Waals surface area contributed by atoms with Crippen molar-refractivity contribution in [1.29, 1.82) is 0 Å². The molecule has 0 fully saturated rings. The van der Waals surface area contributed by atoms with Crippen LogP contribution < -0.4 is 0 Å². The van der Waals surface area contributed by atoms with E-state index in [-0.39, 0.29) is 0 Å². The van der Waals surface area contributed by atoms with E-state index in [9.17, 15) is 0 Å². The lowest BCUT2D eigenvalue weighted by atomic mass is 10.4. The first kappa shape index (κ1) is 8.58. The molecule has 0 aliphatic carbocycles. The fourth-order valence-corrected chi connectivity index (χ4v) is 0.808. The molecule has 0 saturated carbocycles. The van der Waals surface area contributed by atoms with Gasteiger partial charge in [-0.05, 0) is 0 Å². The van der Waals surface area contributed by atoms with Crippen LogP contribution in [-0.2, 0) is 0 Å². The van der Waals surface area contributed by atoms with E-state index >= 15 is 0 Å². The van der Waals surface area contributed by atoms with Crippen molar-refractivity contribution in [2.45, 2.75) is 11.5 Å². The normalized spacial score (nSPS) is 18.0. The molecule has 0 aliphatic heterocycles. The van der Waals surface area contributed by atoms with Crippen LogP contribution in [0.2, 0.25) is 0 Å². The Hall–Kier alpha value is 0.580. The van der Waals surface area contributed by atoms with Crippen molar-refractivity contribution in [3.05, 3.63) is 0 Å². The van der Waals surface area contributed by atoms with E-state index in [0.717, 1.165) is 10.8 Å². The summed E-state index contributed by atoms with van der Waals surface area (Å²) in [6.07, 6.45) is -1.09. The van der Waals surface area contributed by atoms with Crippen molar-refractivity contribution in [2.75, 3.05) is 6.61 Å². The third-order valence-electron chi connectivity index (χ3n) is 0.624. The molecule has 0 aliphatic rings. The van der Waals surface area contributed by atoms with E-state index < -0.39 is 18.1 Å². The van der Waals surface area contributed by atoms with E-state index in [1.165, 1.54) is 0 Å². The summed E-state index contributed by atoms with van der Waals surface area (Å²) in [6, 6.07) is 0. The van der Waals surface area contributed by atoms with Crippen molar-refractivity contribution in [2.24, 2.45) is 0 Å². The van der Waals surface area contributed by atoms with Gasteiger partial charge in [-0.1, -0.05) is 10.8 Å². The van der Waals surface area contributed by atoms with Crippen molar-refractivity contribution < 1.29 is 15.3 Å². The molecule has 5 heteroatoms. The third-order valence-corrected chi connectivity index (χ3v) is 1.80. The number of aliphatic hydroxyl groups is 3. The second kappa shape index (κ2) is 4.46. The molecule has 0 saturated heterocycles. The molecule has 0 heterocycles. The van der Waals surface area contributed by atoms with Crippen LogP contribution in [0.25, 0.3) is 0 Å². The van der Waals surface area contributed by atoms with E-state index in [1.54, 1.807) is 0 Å². The van der Waals surface area contributed by atoms with Gasteiger partial charge in [-0.25, -0.2) is 0 Å². The summed E-state index contributed by atoms with van der Waals surface area (Å²) < 4.78 is 0. The molecule has 0 radical (unpaired) electrons. The predicted molar refractivity (Wildman–Crippen MR) is 35.7 cm³/mol. The summed E-state index contributed by atoms with van der Waals surface area (Å²) in [5, 5.41) is 25.3. The maximum atomic E-state index is 8.60. The molecule has 0 aromatic rings. The summed E-state index contributed by atoms with van der Waals surface area (Å²) in [5.74, 6) is 0. The second-order valence-corrected chi connectivity index (χ2v) is 2.57. The molecule has 0 aromatic carbocycles. The van der Waals surface area contributed by atoms with Crippen LogP contribution in [0.1, 0.15) is 0 Å². The van der Waals surface area contributed by atoms with Crippen LogP contribution >= 0.6 is 22.5 Å². The number of thiol groups is 1. The van der Waals surface area contributed by atoms with Crippen LogP contribution in [0.15, 0.2) is 0 Å². The van der Waals surface area contributed by atoms with Crippen LogP contribution in [-0.4, -0.2) is 33.5 Å². The summed E-state index contributed by atoms with van der Waals surface area (Å²) in [5.41, 5.74) is -0.997. The summed E-state index contributed by atoms with van der Waals surface area (Å²) in [7, 11) is 0.797. The highest BCUT2D eigenvalue weighted by atomic mass is 33.1. The van der Waals surface area contributed by atoms with Crippen LogP contribution in [0.4, 0.5) is 0 Å². The fourth-order valence-electron chi connectivity index (χ4n) is 0.160. The van der Waals surface area contributed by atoms with Gasteiger partial charge in [0.1, 0.15) is 11.5 Å². The van der Waals surface area contributed by atoms with Gasteiger partial charge in [-0.15, -0.1) is 11.7 Å².